The highest BCUT2D eigenvalue weighted by Crippen LogP contribution is 2.11. The molecule has 80 valence electrons. The van der Waals surface area contributed by atoms with Crippen LogP contribution in [0.2, 0.25) is 0 Å². The molecule has 1 aliphatic heterocycles. The highest BCUT2D eigenvalue weighted by atomic mass is 19.1. The summed E-state index contributed by atoms with van der Waals surface area (Å²) in [5, 5.41) is 12.7. The summed E-state index contributed by atoms with van der Waals surface area (Å²) in [6.07, 6.45) is 0.787. The van der Waals surface area contributed by atoms with Crippen LogP contribution in [0.4, 0.5) is 10.2 Å². The minimum absolute atomic E-state index is 0.214. The monoisotopic (exact) mass is 210 g/mol. The molecule has 5 nitrogen and oxygen atoms in total. The van der Waals surface area contributed by atoms with E-state index in [1.54, 1.807) is 12.1 Å². The average Bonchev–Trinajstić information content (AvgIpc) is 2.66. The van der Waals surface area contributed by atoms with Crippen LogP contribution in [0, 0.1) is 0 Å². The van der Waals surface area contributed by atoms with Crippen molar-refractivity contribution in [3.05, 3.63) is 18.3 Å². The van der Waals surface area contributed by atoms with Crippen molar-refractivity contribution in [3.63, 3.8) is 0 Å². The van der Waals surface area contributed by atoms with Gasteiger partial charge in [0.25, 0.3) is 0 Å². The molecule has 0 aliphatic carbocycles. The molecule has 0 unspecified atom stereocenters. The van der Waals surface area contributed by atoms with Crippen molar-refractivity contribution in [1.29, 1.82) is 0 Å². The van der Waals surface area contributed by atoms with Gasteiger partial charge in [0.15, 0.2) is 5.82 Å². The summed E-state index contributed by atoms with van der Waals surface area (Å²) in [6.45, 7) is 0.235. The Balaban J connectivity index is 1.93. The molecule has 1 aromatic rings. The minimum atomic E-state index is -0.942. The van der Waals surface area contributed by atoms with E-state index in [2.05, 4.69) is 20.8 Å². The topological polar surface area (TPSA) is 66.9 Å². The number of hydrogen-bond donors (Lipinski definition) is 2. The predicted octanol–water partition coefficient (Wildman–Crippen LogP) is 0.115. The first kappa shape index (κ1) is 9.97. The maximum atomic E-state index is 12.8. The number of amides is 1. The fourth-order valence-electron chi connectivity index (χ4n) is 1.47. The van der Waals surface area contributed by atoms with E-state index in [1.165, 1.54) is 6.20 Å². The smallest absolute Gasteiger partial charge is 0.242 e. The Morgan fingerprint density at radius 2 is 2.53 bits per heavy atom. The molecule has 6 heteroatoms. The van der Waals surface area contributed by atoms with E-state index in [0.717, 1.165) is 0 Å². The minimum Gasteiger partial charge on any atom is -0.308 e. The van der Waals surface area contributed by atoms with Crippen molar-refractivity contribution in [1.82, 2.24) is 15.5 Å². The van der Waals surface area contributed by atoms with E-state index in [0.29, 0.717) is 5.82 Å². The summed E-state index contributed by atoms with van der Waals surface area (Å²) in [6, 6.07) is 2.83. The zero-order chi connectivity index (χ0) is 10.7. The summed E-state index contributed by atoms with van der Waals surface area (Å²) >= 11 is 0. The number of hydrogen-bond acceptors (Lipinski definition) is 4. The zero-order valence-electron chi connectivity index (χ0n) is 7.98. The van der Waals surface area contributed by atoms with Crippen molar-refractivity contribution in [2.75, 3.05) is 11.9 Å². The van der Waals surface area contributed by atoms with E-state index in [-0.39, 0.29) is 18.9 Å². The summed E-state index contributed by atoms with van der Waals surface area (Å²) in [4.78, 5) is 11.6. The Hall–Kier alpha value is -1.56. The molecule has 1 saturated heterocycles. The molecular formula is C9H11FN4O. The molecule has 0 saturated carbocycles. The highest BCUT2D eigenvalue weighted by Gasteiger charge is 2.29. The molecule has 2 rings (SSSR count). The van der Waals surface area contributed by atoms with Crippen LogP contribution in [0.5, 0.6) is 0 Å². The lowest BCUT2D eigenvalue weighted by molar-refractivity contribution is -0.117. The molecule has 15 heavy (non-hydrogen) atoms. The van der Waals surface area contributed by atoms with Gasteiger partial charge >= 0.3 is 0 Å². The molecule has 0 spiro atoms. The van der Waals surface area contributed by atoms with Gasteiger partial charge in [-0.15, -0.1) is 5.10 Å². The summed E-state index contributed by atoms with van der Waals surface area (Å²) < 4.78 is 12.8. The quantitative estimate of drug-likeness (QED) is 0.727. The third kappa shape index (κ3) is 2.47. The van der Waals surface area contributed by atoms with E-state index >= 15 is 0 Å². The second kappa shape index (κ2) is 4.31. The molecule has 1 aliphatic rings. The van der Waals surface area contributed by atoms with Gasteiger partial charge in [-0.3, -0.25) is 4.79 Å². The molecule has 1 fully saturated rings. The van der Waals surface area contributed by atoms with Crippen LogP contribution in [0.25, 0.3) is 0 Å². The van der Waals surface area contributed by atoms with Crippen molar-refractivity contribution in [3.8, 4) is 0 Å². The lowest BCUT2D eigenvalue weighted by Gasteiger charge is -2.09. The Morgan fingerprint density at radius 3 is 3.13 bits per heavy atom. The standard InChI is InChI=1S/C9H11FN4O/c10-6-4-7(11-5-6)9(15)13-8-2-1-3-12-14-8/h1-3,6-7,11H,4-5H2,(H,13,14,15)/t6-,7+/m1/s1. The maximum Gasteiger partial charge on any atom is 0.242 e. The number of carbonyl (C=O) groups excluding carboxylic acids is 1. The van der Waals surface area contributed by atoms with Crippen LogP contribution in [0.1, 0.15) is 6.42 Å². The van der Waals surface area contributed by atoms with Crippen molar-refractivity contribution in [2.24, 2.45) is 0 Å². The summed E-state index contributed by atoms with van der Waals surface area (Å²) in [5.74, 6) is 0.113. The van der Waals surface area contributed by atoms with Crippen LogP contribution >= 0.6 is 0 Å². The summed E-state index contributed by atoms with van der Waals surface area (Å²) in [7, 11) is 0. The predicted molar refractivity (Wildman–Crippen MR) is 52.0 cm³/mol. The van der Waals surface area contributed by atoms with Crippen LogP contribution in [-0.4, -0.2) is 34.9 Å². The van der Waals surface area contributed by atoms with Crippen LogP contribution < -0.4 is 10.6 Å². The van der Waals surface area contributed by atoms with E-state index in [4.69, 9.17) is 0 Å². The Kier molecular flexibility index (Phi) is 2.86. The van der Waals surface area contributed by atoms with Crippen molar-refractivity contribution in [2.45, 2.75) is 18.6 Å². The second-order valence-corrected chi connectivity index (χ2v) is 3.39. The molecular weight excluding hydrogens is 199 g/mol. The number of carbonyl (C=O) groups is 1. The molecule has 0 bridgehead atoms. The number of alkyl halides is 1. The average molecular weight is 210 g/mol. The first-order valence-corrected chi connectivity index (χ1v) is 4.72. The fraction of sp³-hybridized carbons (Fsp3) is 0.444. The number of nitrogens with zero attached hydrogens (tertiary/aromatic N) is 2. The zero-order valence-corrected chi connectivity index (χ0v) is 7.98. The number of anilines is 1. The molecule has 2 heterocycles. The lowest BCUT2D eigenvalue weighted by atomic mass is 10.2. The highest BCUT2D eigenvalue weighted by molar-refractivity contribution is 5.94. The number of rotatable bonds is 2. The van der Waals surface area contributed by atoms with Gasteiger partial charge in [-0.1, -0.05) is 0 Å². The molecule has 2 N–H and O–H groups in total. The number of aromatic nitrogens is 2. The molecule has 0 aromatic carbocycles. The number of halogens is 1. The SMILES string of the molecule is O=C(Nc1cccnn1)[C@@H]1C[C@@H](F)CN1. The third-order valence-corrected chi connectivity index (χ3v) is 2.22. The van der Waals surface area contributed by atoms with Gasteiger partial charge in [0.05, 0.1) is 6.04 Å². The normalized spacial score (nSPS) is 25.1. The first-order valence-electron chi connectivity index (χ1n) is 4.72. The Labute approximate surface area is 86.1 Å². The van der Waals surface area contributed by atoms with E-state index in [1.807, 2.05) is 0 Å². The molecule has 1 aromatic heterocycles. The first-order chi connectivity index (χ1) is 7.25. The van der Waals surface area contributed by atoms with Gasteiger partial charge in [0.1, 0.15) is 6.17 Å². The van der Waals surface area contributed by atoms with Gasteiger partial charge in [-0.2, -0.15) is 5.10 Å². The molecule has 0 radical (unpaired) electrons. The second-order valence-electron chi connectivity index (χ2n) is 3.39. The van der Waals surface area contributed by atoms with Gasteiger partial charge in [0, 0.05) is 19.2 Å². The fourth-order valence-corrected chi connectivity index (χ4v) is 1.47. The third-order valence-electron chi connectivity index (χ3n) is 2.22. The van der Waals surface area contributed by atoms with E-state index < -0.39 is 12.2 Å². The van der Waals surface area contributed by atoms with Crippen molar-refractivity contribution >= 4 is 11.7 Å². The molecule has 1 amide bonds. The van der Waals surface area contributed by atoms with Gasteiger partial charge in [-0.25, -0.2) is 4.39 Å². The Morgan fingerprint density at radius 1 is 1.67 bits per heavy atom. The molecule has 2 atom stereocenters. The number of nitrogens with one attached hydrogen (secondary N) is 2. The van der Waals surface area contributed by atoms with Gasteiger partial charge < -0.3 is 10.6 Å². The van der Waals surface area contributed by atoms with Crippen LogP contribution in [-0.2, 0) is 4.79 Å². The van der Waals surface area contributed by atoms with Gasteiger partial charge in [-0.05, 0) is 12.1 Å². The lowest BCUT2D eigenvalue weighted by Crippen LogP contribution is -2.35. The largest absolute Gasteiger partial charge is 0.308 e. The van der Waals surface area contributed by atoms with Gasteiger partial charge in [0.2, 0.25) is 5.91 Å². The summed E-state index contributed by atoms with van der Waals surface area (Å²) in [5.41, 5.74) is 0. The van der Waals surface area contributed by atoms with Crippen molar-refractivity contribution < 1.29 is 9.18 Å². The van der Waals surface area contributed by atoms with Crippen LogP contribution in [0.15, 0.2) is 18.3 Å². The Bertz CT molecular complexity index is 345. The van der Waals surface area contributed by atoms with E-state index in [9.17, 15) is 9.18 Å². The van der Waals surface area contributed by atoms with Crippen LogP contribution in [0.3, 0.4) is 0 Å². The maximum absolute atomic E-state index is 12.8.